The molecule has 0 fully saturated rings. The van der Waals surface area contributed by atoms with E-state index in [-0.39, 0.29) is 29.7 Å². The molecule has 1 aromatic heterocycles. The molecule has 1 aliphatic heterocycles. The molecule has 8 nitrogen and oxygen atoms in total. The molecule has 0 aliphatic carbocycles. The summed E-state index contributed by atoms with van der Waals surface area (Å²) in [6.45, 7) is 5.89. The molecule has 0 spiro atoms. The predicted molar refractivity (Wildman–Crippen MR) is 134 cm³/mol. The molecule has 5 rings (SSSR count). The van der Waals surface area contributed by atoms with Crippen molar-refractivity contribution in [2.24, 2.45) is 0 Å². The van der Waals surface area contributed by atoms with Crippen molar-refractivity contribution < 1.29 is 9.72 Å². The number of carbonyl (C=O) groups excluding carboxylic acids is 1. The summed E-state index contributed by atoms with van der Waals surface area (Å²) in [5.41, 5.74) is 2.75. The number of aryl methyl sites for hydroxylation is 1. The lowest BCUT2D eigenvalue weighted by Gasteiger charge is -2.22. The Morgan fingerprint density at radius 1 is 1.00 bits per heavy atom. The Kier molecular flexibility index (Phi) is 5.43. The molecule has 176 valence electrons. The number of nitro benzene ring substituents is 1. The van der Waals surface area contributed by atoms with Crippen LogP contribution in [0.5, 0.6) is 0 Å². The summed E-state index contributed by atoms with van der Waals surface area (Å²) in [6, 6.07) is 18.9. The average Bonchev–Trinajstić information content (AvgIpc) is 3.10. The summed E-state index contributed by atoms with van der Waals surface area (Å²) in [4.78, 5) is 45.1. The Morgan fingerprint density at radius 3 is 2.46 bits per heavy atom. The predicted octanol–water partition coefficient (Wildman–Crippen LogP) is 4.68. The first-order chi connectivity index (χ1) is 16.8. The van der Waals surface area contributed by atoms with Crippen LogP contribution in [-0.2, 0) is 11.2 Å². The average molecular weight is 469 g/mol. The molecule has 1 atom stereocenters. The lowest BCUT2D eigenvalue weighted by Crippen LogP contribution is -2.36. The van der Waals surface area contributed by atoms with E-state index in [0.29, 0.717) is 16.7 Å². The number of aromatic nitrogens is 2. The van der Waals surface area contributed by atoms with E-state index in [1.165, 1.54) is 16.7 Å². The second-order valence-electron chi connectivity index (χ2n) is 9.05. The summed E-state index contributed by atoms with van der Waals surface area (Å²) in [5, 5.41) is 12.2. The summed E-state index contributed by atoms with van der Waals surface area (Å²) in [6.07, 6.45) is 0.130. The molecule has 3 aromatic carbocycles. The number of nitrogens with zero attached hydrogens (tertiary/aromatic N) is 4. The van der Waals surface area contributed by atoms with Crippen LogP contribution < -0.4 is 10.5 Å². The fourth-order valence-corrected chi connectivity index (χ4v) is 4.88. The second-order valence-corrected chi connectivity index (χ2v) is 9.05. The molecule has 0 saturated carbocycles. The number of fused-ring (bicyclic) bond motifs is 2. The number of rotatable bonds is 5. The van der Waals surface area contributed by atoms with Gasteiger partial charge >= 0.3 is 0 Å². The molecular weight excluding hydrogens is 444 g/mol. The molecule has 0 bridgehead atoms. The van der Waals surface area contributed by atoms with Crippen LogP contribution >= 0.6 is 0 Å². The molecule has 1 amide bonds. The third kappa shape index (κ3) is 3.67. The van der Waals surface area contributed by atoms with Gasteiger partial charge in [0.15, 0.2) is 0 Å². The molecule has 0 unspecified atom stereocenters. The fourth-order valence-electron chi connectivity index (χ4n) is 4.88. The van der Waals surface area contributed by atoms with Gasteiger partial charge in [-0.3, -0.25) is 24.3 Å². The zero-order valence-electron chi connectivity index (χ0n) is 19.6. The highest BCUT2D eigenvalue weighted by molar-refractivity contribution is 6.05. The standard InChI is InChI=1S/C27H24N4O4/c1-16(2)29-22-13-12-17(3)14-19(22)20(27(29)33)15-25-28-21-9-5-4-8-18(21)26(32)30(25)23-10-6-7-11-24(23)31(34)35/h4-14,16,20H,15H2,1-3H3/t20-/m0/s1. The van der Waals surface area contributed by atoms with E-state index < -0.39 is 16.4 Å². The van der Waals surface area contributed by atoms with Crippen LogP contribution in [0.2, 0.25) is 0 Å². The van der Waals surface area contributed by atoms with E-state index in [0.717, 1.165) is 16.8 Å². The third-order valence-electron chi connectivity index (χ3n) is 6.42. The van der Waals surface area contributed by atoms with Crippen molar-refractivity contribution in [2.45, 2.75) is 39.2 Å². The molecule has 4 aromatic rings. The van der Waals surface area contributed by atoms with Gasteiger partial charge in [-0.15, -0.1) is 0 Å². The van der Waals surface area contributed by atoms with Gasteiger partial charge in [0.2, 0.25) is 5.91 Å². The van der Waals surface area contributed by atoms with Crippen molar-refractivity contribution in [1.29, 1.82) is 0 Å². The number of para-hydroxylation sites is 3. The SMILES string of the molecule is Cc1ccc2c(c1)[C@H](Cc1nc3ccccc3c(=O)n1-c1ccccc1[N+](=O)[O-])C(=O)N2C(C)C. The van der Waals surface area contributed by atoms with Crippen molar-refractivity contribution in [3.05, 3.63) is 104 Å². The van der Waals surface area contributed by atoms with Crippen molar-refractivity contribution >= 4 is 28.2 Å². The van der Waals surface area contributed by atoms with Gasteiger partial charge < -0.3 is 4.90 Å². The van der Waals surface area contributed by atoms with Gasteiger partial charge in [-0.2, -0.15) is 0 Å². The molecule has 8 heteroatoms. The lowest BCUT2D eigenvalue weighted by atomic mass is 9.95. The second kappa shape index (κ2) is 8.47. The van der Waals surface area contributed by atoms with Gasteiger partial charge in [0, 0.05) is 24.2 Å². The Labute approximate surface area is 201 Å². The maximum absolute atomic E-state index is 13.7. The van der Waals surface area contributed by atoms with Gasteiger partial charge in [0.1, 0.15) is 11.5 Å². The molecule has 0 radical (unpaired) electrons. The monoisotopic (exact) mass is 468 g/mol. The highest BCUT2D eigenvalue weighted by Gasteiger charge is 2.39. The normalized spacial score (nSPS) is 15.1. The van der Waals surface area contributed by atoms with E-state index in [9.17, 15) is 19.7 Å². The molecular formula is C27H24N4O4. The van der Waals surface area contributed by atoms with Gasteiger partial charge in [-0.1, -0.05) is 42.0 Å². The van der Waals surface area contributed by atoms with Gasteiger partial charge in [-0.25, -0.2) is 4.98 Å². The fraction of sp³-hybridized carbons (Fsp3) is 0.222. The van der Waals surface area contributed by atoms with Crippen LogP contribution in [0.15, 0.2) is 71.5 Å². The highest BCUT2D eigenvalue weighted by atomic mass is 16.6. The summed E-state index contributed by atoms with van der Waals surface area (Å²) in [5.74, 6) is -0.328. The number of benzene rings is 3. The van der Waals surface area contributed by atoms with Crippen molar-refractivity contribution in [3.63, 3.8) is 0 Å². The van der Waals surface area contributed by atoms with Crippen LogP contribution in [0, 0.1) is 17.0 Å². The number of anilines is 1. The third-order valence-corrected chi connectivity index (χ3v) is 6.42. The first kappa shape index (κ1) is 22.5. The topological polar surface area (TPSA) is 98.3 Å². The summed E-state index contributed by atoms with van der Waals surface area (Å²) in [7, 11) is 0. The lowest BCUT2D eigenvalue weighted by molar-refractivity contribution is -0.384. The quantitative estimate of drug-likeness (QED) is 0.313. The summed E-state index contributed by atoms with van der Waals surface area (Å²) >= 11 is 0. The maximum Gasteiger partial charge on any atom is 0.293 e. The van der Waals surface area contributed by atoms with Crippen LogP contribution in [-0.4, -0.2) is 26.4 Å². The highest BCUT2D eigenvalue weighted by Crippen LogP contribution is 2.41. The first-order valence-electron chi connectivity index (χ1n) is 11.5. The van der Waals surface area contributed by atoms with E-state index in [1.54, 1.807) is 41.3 Å². The van der Waals surface area contributed by atoms with Crippen LogP contribution in [0.25, 0.3) is 16.6 Å². The Morgan fingerprint density at radius 2 is 1.71 bits per heavy atom. The van der Waals surface area contributed by atoms with Gasteiger partial charge in [0.05, 0.1) is 21.7 Å². The minimum Gasteiger partial charge on any atom is -0.309 e. The molecule has 2 heterocycles. The molecule has 35 heavy (non-hydrogen) atoms. The van der Waals surface area contributed by atoms with E-state index in [2.05, 4.69) is 0 Å². The zero-order chi connectivity index (χ0) is 24.9. The van der Waals surface area contributed by atoms with Crippen molar-refractivity contribution in [2.75, 3.05) is 4.90 Å². The maximum atomic E-state index is 13.7. The number of nitro groups is 1. The zero-order valence-corrected chi connectivity index (χ0v) is 19.6. The van der Waals surface area contributed by atoms with E-state index in [1.807, 2.05) is 39.0 Å². The first-order valence-corrected chi connectivity index (χ1v) is 11.5. The van der Waals surface area contributed by atoms with Crippen molar-refractivity contribution in [3.8, 4) is 5.69 Å². The minimum absolute atomic E-state index is 0.0454. The molecule has 0 N–H and O–H groups in total. The largest absolute Gasteiger partial charge is 0.309 e. The Hall–Kier alpha value is -4.33. The van der Waals surface area contributed by atoms with Gasteiger partial charge in [-0.05, 0) is 50.6 Å². The minimum atomic E-state index is -0.561. The summed E-state index contributed by atoms with van der Waals surface area (Å²) < 4.78 is 1.29. The van der Waals surface area contributed by atoms with Crippen LogP contribution in [0.1, 0.15) is 36.7 Å². The van der Waals surface area contributed by atoms with Crippen molar-refractivity contribution in [1.82, 2.24) is 9.55 Å². The van der Waals surface area contributed by atoms with Crippen LogP contribution in [0.4, 0.5) is 11.4 Å². The van der Waals surface area contributed by atoms with E-state index in [4.69, 9.17) is 4.98 Å². The Bertz CT molecular complexity index is 1560. The van der Waals surface area contributed by atoms with E-state index >= 15 is 0 Å². The smallest absolute Gasteiger partial charge is 0.293 e. The number of hydrogen-bond donors (Lipinski definition) is 0. The number of carbonyl (C=O) groups is 1. The molecule has 1 aliphatic rings. The number of amides is 1. The van der Waals surface area contributed by atoms with Gasteiger partial charge in [0.25, 0.3) is 11.2 Å². The molecule has 0 saturated heterocycles. The Balaban J connectivity index is 1.75. The van der Waals surface area contributed by atoms with Crippen LogP contribution in [0.3, 0.4) is 0 Å². The number of hydrogen-bond acceptors (Lipinski definition) is 5.